The van der Waals surface area contributed by atoms with E-state index in [4.69, 9.17) is 4.74 Å². The Bertz CT molecular complexity index is 841. The number of nitrogens with one attached hydrogen (secondary N) is 2. The lowest BCUT2D eigenvalue weighted by Crippen LogP contribution is -2.51. The number of rotatable bonds is 6. The number of anilines is 1. The number of fused-ring (bicyclic) bond motifs is 1. The van der Waals surface area contributed by atoms with Gasteiger partial charge in [0.15, 0.2) is 0 Å². The number of nitrogens with zero attached hydrogens (tertiary/aromatic N) is 4. The van der Waals surface area contributed by atoms with E-state index in [9.17, 15) is 4.79 Å². The standard InChI is InChI=1S/C23H34N6O2/c1-23(6-7-23)31-16-4-5-18-17(10-16)22(27-26-18)19-11-20(25-14-24-19)28-8-9-29(21(30)13-28)12-15-2-3-15/h11,14-18,22,26-27H,2-10,12-13H2,1H3. The number of hydrogen-bond donors (Lipinski definition) is 2. The van der Waals surface area contributed by atoms with Gasteiger partial charge in [-0.2, -0.15) is 0 Å². The summed E-state index contributed by atoms with van der Waals surface area (Å²) in [6, 6.07) is 2.69. The zero-order valence-corrected chi connectivity index (χ0v) is 18.4. The van der Waals surface area contributed by atoms with Crippen LogP contribution in [0.2, 0.25) is 0 Å². The summed E-state index contributed by atoms with van der Waals surface area (Å²) in [6.45, 7) is 5.22. The summed E-state index contributed by atoms with van der Waals surface area (Å²) in [5.74, 6) is 2.28. The quantitative estimate of drug-likeness (QED) is 0.718. The minimum absolute atomic E-state index is 0.128. The van der Waals surface area contributed by atoms with Crippen molar-refractivity contribution >= 4 is 11.7 Å². The first-order valence-corrected chi connectivity index (χ1v) is 12.1. The first-order chi connectivity index (χ1) is 15.1. The summed E-state index contributed by atoms with van der Waals surface area (Å²) in [5.41, 5.74) is 8.14. The van der Waals surface area contributed by atoms with Crippen LogP contribution in [0.4, 0.5) is 5.82 Å². The monoisotopic (exact) mass is 426 g/mol. The molecule has 6 rings (SSSR count). The molecule has 0 spiro atoms. The first-order valence-electron chi connectivity index (χ1n) is 12.1. The topological polar surface area (TPSA) is 82.6 Å². The largest absolute Gasteiger partial charge is 0.372 e. The van der Waals surface area contributed by atoms with Crippen molar-refractivity contribution in [3.05, 3.63) is 18.1 Å². The van der Waals surface area contributed by atoms with Crippen LogP contribution in [0.15, 0.2) is 12.4 Å². The minimum Gasteiger partial charge on any atom is -0.372 e. The van der Waals surface area contributed by atoms with Crippen molar-refractivity contribution in [2.75, 3.05) is 31.1 Å². The molecule has 1 amide bonds. The van der Waals surface area contributed by atoms with E-state index in [0.29, 0.717) is 24.6 Å². The molecule has 3 aliphatic carbocycles. The van der Waals surface area contributed by atoms with Crippen LogP contribution >= 0.6 is 0 Å². The zero-order valence-electron chi connectivity index (χ0n) is 18.4. The fraction of sp³-hybridized carbons (Fsp3) is 0.783. The number of carbonyl (C=O) groups excluding carboxylic acids is 1. The Morgan fingerprint density at radius 3 is 2.81 bits per heavy atom. The molecule has 2 saturated heterocycles. The summed E-state index contributed by atoms with van der Waals surface area (Å²) in [5, 5.41) is 0. The summed E-state index contributed by atoms with van der Waals surface area (Å²) in [7, 11) is 0. The van der Waals surface area contributed by atoms with E-state index >= 15 is 0 Å². The molecule has 3 saturated carbocycles. The molecule has 8 heteroatoms. The highest BCUT2D eigenvalue weighted by Gasteiger charge is 2.46. The first kappa shape index (κ1) is 19.9. The van der Waals surface area contributed by atoms with E-state index in [-0.39, 0.29) is 17.6 Å². The van der Waals surface area contributed by atoms with Crippen molar-refractivity contribution in [1.82, 2.24) is 25.7 Å². The average molecular weight is 427 g/mol. The predicted molar refractivity (Wildman–Crippen MR) is 116 cm³/mol. The number of ether oxygens (including phenoxy) is 1. The minimum atomic E-state index is 0.128. The van der Waals surface area contributed by atoms with Crippen LogP contribution in [0.5, 0.6) is 0 Å². The van der Waals surface area contributed by atoms with Gasteiger partial charge in [-0.15, -0.1) is 0 Å². The molecule has 0 radical (unpaired) electrons. The molecule has 0 aromatic carbocycles. The molecule has 5 fully saturated rings. The second kappa shape index (κ2) is 7.67. The molecule has 0 bridgehead atoms. The van der Waals surface area contributed by atoms with Gasteiger partial charge in [0.25, 0.3) is 0 Å². The zero-order chi connectivity index (χ0) is 21.0. The van der Waals surface area contributed by atoms with Crippen molar-refractivity contribution in [3.63, 3.8) is 0 Å². The van der Waals surface area contributed by atoms with Crippen LogP contribution in [-0.4, -0.2) is 64.7 Å². The number of hydrogen-bond acceptors (Lipinski definition) is 7. The van der Waals surface area contributed by atoms with Gasteiger partial charge < -0.3 is 14.5 Å². The van der Waals surface area contributed by atoms with Crippen LogP contribution < -0.4 is 15.8 Å². The van der Waals surface area contributed by atoms with E-state index < -0.39 is 0 Å². The van der Waals surface area contributed by atoms with Crippen LogP contribution in [0.1, 0.15) is 63.6 Å². The molecule has 4 atom stereocenters. The van der Waals surface area contributed by atoms with Gasteiger partial charge in [0.1, 0.15) is 12.1 Å². The fourth-order valence-electron chi connectivity index (χ4n) is 5.53. The normalized spacial score (nSPS) is 34.7. The lowest BCUT2D eigenvalue weighted by molar-refractivity contribution is -0.131. The van der Waals surface area contributed by atoms with Crippen molar-refractivity contribution < 1.29 is 9.53 Å². The van der Waals surface area contributed by atoms with Crippen LogP contribution in [0.3, 0.4) is 0 Å². The van der Waals surface area contributed by atoms with E-state index in [1.54, 1.807) is 6.33 Å². The van der Waals surface area contributed by atoms with Crippen molar-refractivity contribution in [2.45, 2.75) is 75.7 Å². The van der Waals surface area contributed by atoms with Crippen LogP contribution in [-0.2, 0) is 9.53 Å². The number of aromatic nitrogens is 2. The highest BCUT2D eigenvalue weighted by molar-refractivity contribution is 5.82. The third-order valence-corrected chi connectivity index (χ3v) is 7.92. The van der Waals surface area contributed by atoms with Crippen LogP contribution in [0.25, 0.3) is 0 Å². The summed E-state index contributed by atoms with van der Waals surface area (Å²) in [4.78, 5) is 25.9. The summed E-state index contributed by atoms with van der Waals surface area (Å²) in [6.07, 6.45) is 10.3. The van der Waals surface area contributed by atoms with Crippen LogP contribution in [0, 0.1) is 11.8 Å². The third kappa shape index (κ3) is 4.17. The summed E-state index contributed by atoms with van der Waals surface area (Å²) >= 11 is 0. The maximum absolute atomic E-state index is 12.6. The molecule has 4 unspecified atom stereocenters. The summed E-state index contributed by atoms with van der Waals surface area (Å²) < 4.78 is 6.42. The molecule has 1 aromatic rings. The molecule has 5 aliphatic rings. The SMILES string of the molecule is CC1(OC2CCC3NNC(c4cc(N5CCN(CC6CC6)C(=O)C5)ncn4)C3C2)CC1. The second-order valence-electron chi connectivity index (χ2n) is 10.5. The molecule has 168 valence electrons. The number of amides is 1. The van der Waals surface area contributed by atoms with Gasteiger partial charge in [-0.25, -0.2) is 15.4 Å². The van der Waals surface area contributed by atoms with E-state index in [1.807, 2.05) is 4.90 Å². The Morgan fingerprint density at radius 2 is 2.03 bits per heavy atom. The maximum atomic E-state index is 12.6. The Balaban J connectivity index is 1.13. The highest BCUT2D eigenvalue weighted by atomic mass is 16.5. The average Bonchev–Trinajstić information content (AvgIpc) is 3.69. The number of hydrazine groups is 1. The highest BCUT2D eigenvalue weighted by Crippen LogP contribution is 2.45. The lowest BCUT2D eigenvalue weighted by Gasteiger charge is -2.36. The smallest absolute Gasteiger partial charge is 0.242 e. The third-order valence-electron chi connectivity index (χ3n) is 7.92. The van der Waals surface area contributed by atoms with Crippen molar-refractivity contribution in [3.8, 4) is 0 Å². The van der Waals surface area contributed by atoms with E-state index in [2.05, 4.69) is 38.7 Å². The van der Waals surface area contributed by atoms with Gasteiger partial charge in [-0.05, 0) is 57.8 Å². The van der Waals surface area contributed by atoms with Gasteiger partial charge in [-0.1, -0.05) is 0 Å². The Labute approximate surface area is 184 Å². The molecular formula is C23H34N6O2. The Morgan fingerprint density at radius 1 is 1.16 bits per heavy atom. The van der Waals surface area contributed by atoms with Gasteiger partial charge in [0, 0.05) is 37.7 Å². The molecule has 1 aromatic heterocycles. The number of carbonyl (C=O) groups is 1. The molecule has 8 nitrogen and oxygen atoms in total. The molecule has 2 aliphatic heterocycles. The molecule has 3 heterocycles. The fourth-order valence-corrected chi connectivity index (χ4v) is 5.53. The van der Waals surface area contributed by atoms with E-state index in [1.165, 1.54) is 25.7 Å². The van der Waals surface area contributed by atoms with Gasteiger partial charge in [-0.3, -0.25) is 10.2 Å². The van der Waals surface area contributed by atoms with Crippen molar-refractivity contribution in [2.24, 2.45) is 11.8 Å². The maximum Gasteiger partial charge on any atom is 0.242 e. The van der Waals surface area contributed by atoms with E-state index in [0.717, 1.165) is 56.3 Å². The molecular weight excluding hydrogens is 392 g/mol. The van der Waals surface area contributed by atoms with Gasteiger partial charge in [0.05, 0.1) is 30.0 Å². The van der Waals surface area contributed by atoms with Crippen molar-refractivity contribution in [1.29, 1.82) is 0 Å². The Hall–Kier alpha value is -1.77. The lowest BCUT2D eigenvalue weighted by atomic mass is 9.79. The predicted octanol–water partition coefficient (Wildman–Crippen LogP) is 1.79. The molecule has 2 N–H and O–H groups in total. The van der Waals surface area contributed by atoms with Gasteiger partial charge in [0.2, 0.25) is 5.91 Å². The molecule has 31 heavy (non-hydrogen) atoms. The number of piperazine rings is 1. The Kier molecular flexibility index (Phi) is 4.92. The second-order valence-corrected chi connectivity index (χ2v) is 10.5. The van der Waals surface area contributed by atoms with Gasteiger partial charge >= 0.3 is 0 Å².